The minimum Gasteiger partial charge on any atom is -0.490 e. The van der Waals surface area contributed by atoms with Gasteiger partial charge >= 0.3 is 0 Å². The van der Waals surface area contributed by atoms with Crippen LogP contribution in [0, 0.1) is 3.57 Å². The first-order valence-electron chi connectivity index (χ1n) is 5.94. The quantitative estimate of drug-likeness (QED) is 0.568. The van der Waals surface area contributed by atoms with Gasteiger partial charge in [-0.05, 0) is 53.6 Å². The Morgan fingerprint density at radius 2 is 2.11 bits per heavy atom. The Kier molecular flexibility index (Phi) is 7.53. The van der Waals surface area contributed by atoms with Gasteiger partial charge in [-0.1, -0.05) is 6.07 Å². The molecule has 2 N–H and O–H groups in total. The molecule has 1 atom stereocenters. The van der Waals surface area contributed by atoms with Gasteiger partial charge in [0, 0.05) is 6.04 Å². The average Bonchev–Trinajstić information content (AvgIpc) is 2.30. The smallest absolute Gasteiger partial charge is 0.132 e. The summed E-state index contributed by atoms with van der Waals surface area (Å²) < 4.78 is 23.4. The van der Waals surface area contributed by atoms with Gasteiger partial charge in [-0.15, -0.1) is 0 Å². The Morgan fingerprint density at radius 3 is 2.72 bits per heavy atom. The highest BCUT2D eigenvalue weighted by Crippen LogP contribution is 2.22. The van der Waals surface area contributed by atoms with E-state index < -0.39 is 6.67 Å². The second-order valence-electron chi connectivity index (χ2n) is 4.10. The molecule has 1 aromatic rings. The summed E-state index contributed by atoms with van der Waals surface area (Å²) in [5.74, 6) is 0.827. The van der Waals surface area contributed by atoms with Crippen molar-refractivity contribution in [1.29, 1.82) is 0 Å². The molecule has 0 aliphatic carbocycles. The van der Waals surface area contributed by atoms with E-state index in [4.69, 9.17) is 15.2 Å². The number of alkyl halides is 1. The van der Waals surface area contributed by atoms with Crippen LogP contribution in [0.4, 0.5) is 4.39 Å². The maximum absolute atomic E-state index is 11.8. The summed E-state index contributed by atoms with van der Waals surface area (Å²) in [6.07, 6.45) is 0.857. The fourth-order valence-corrected chi connectivity index (χ4v) is 2.26. The van der Waals surface area contributed by atoms with E-state index in [1.165, 1.54) is 5.56 Å². The summed E-state index contributed by atoms with van der Waals surface area (Å²) in [4.78, 5) is 0. The third-order valence-corrected chi connectivity index (χ3v) is 3.10. The van der Waals surface area contributed by atoms with E-state index >= 15 is 0 Å². The lowest BCUT2D eigenvalue weighted by atomic mass is 10.1. The van der Waals surface area contributed by atoms with Crippen molar-refractivity contribution >= 4 is 22.6 Å². The molecule has 0 aliphatic heterocycles. The lowest BCUT2D eigenvalue weighted by Crippen LogP contribution is -2.17. The largest absolute Gasteiger partial charge is 0.490 e. The topological polar surface area (TPSA) is 44.5 Å². The fraction of sp³-hybridized carbons (Fsp3) is 0.538. The first kappa shape index (κ1) is 15.7. The van der Waals surface area contributed by atoms with E-state index in [0.717, 1.165) is 15.7 Å². The Morgan fingerprint density at radius 1 is 1.33 bits per heavy atom. The highest BCUT2D eigenvalue weighted by molar-refractivity contribution is 14.1. The van der Waals surface area contributed by atoms with Gasteiger partial charge in [0.2, 0.25) is 0 Å². The van der Waals surface area contributed by atoms with Gasteiger partial charge in [-0.3, -0.25) is 0 Å². The highest BCUT2D eigenvalue weighted by Gasteiger charge is 2.04. The van der Waals surface area contributed by atoms with Crippen molar-refractivity contribution in [3.05, 3.63) is 27.3 Å². The van der Waals surface area contributed by atoms with Crippen molar-refractivity contribution in [2.75, 3.05) is 26.5 Å². The minimum absolute atomic E-state index is 0.133. The summed E-state index contributed by atoms with van der Waals surface area (Å²) in [6, 6.07) is 6.18. The number of hydrogen-bond acceptors (Lipinski definition) is 3. The maximum atomic E-state index is 11.8. The summed E-state index contributed by atoms with van der Waals surface area (Å²) >= 11 is 2.23. The van der Waals surface area contributed by atoms with Crippen molar-refractivity contribution in [3.63, 3.8) is 0 Å². The van der Waals surface area contributed by atoms with Crippen LogP contribution in [0.3, 0.4) is 0 Å². The normalized spacial score (nSPS) is 12.4. The van der Waals surface area contributed by atoms with Crippen LogP contribution in [0.5, 0.6) is 5.75 Å². The van der Waals surface area contributed by atoms with Gasteiger partial charge < -0.3 is 15.2 Å². The average molecular weight is 367 g/mol. The molecule has 5 heteroatoms. The molecule has 0 heterocycles. The molecule has 1 rings (SSSR count). The third-order valence-electron chi connectivity index (χ3n) is 2.26. The zero-order valence-corrected chi connectivity index (χ0v) is 12.7. The van der Waals surface area contributed by atoms with Crippen LogP contribution >= 0.6 is 22.6 Å². The van der Waals surface area contributed by atoms with Crippen molar-refractivity contribution in [2.45, 2.75) is 19.4 Å². The molecule has 0 saturated heterocycles. The monoisotopic (exact) mass is 367 g/mol. The summed E-state index contributed by atoms with van der Waals surface area (Å²) in [6.45, 7) is 2.50. The van der Waals surface area contributed by atoms with Gasteiger partial charge in [0.25, 0.3) is 0 Å². The predicted molar refractivity (Wildman–Crippen MR) is 78.8 cm³/mol. The van der Waals surface area contributed by atoms with Crippen LogP contribution in [-0.4, -0.2) is 32.5 Å². The fourth-order valence-electron chi connectivity index (χ4n) is 1.53. The molecule has 3 nitrogen and oxygen atoms in total. The molecule has 0 amide bonds. The first-order valence-corrected chi connectivity index (χ1v) is 7.02. The molecule has 0 radical (unpaired) electrons. The standard InChI is InChI=1S/C13H19FINO2/c1-10(16)8-11-2-3-13(12(15)9-11)18-7-6-17-5-4-14/h2-3,9-10H,4-8,16H2,1H3. The van der Waals surface area contributed by atoms with Gasteiger partial charge in [0.15, 0.2) is 0 Å². The number of benzene rings is 1. The van der Waals surface area contributed by atoms with Crippen LogP contribution in [0.2, 0.25) is 0 Å². The highest BCUT2D eigenvalue weighted by atomic mass is 127. The van der Waals surface area contributed by atoms with Gasteiger partial charge in [-0.25, -0.2) is 4.39 Å². The molecule has 0 bridgehead atoms. The zero-order valence-electron chi connectivity index (χ0n) is 10.5. The molecule has 102 valence electrons. The molecule has 1 unspecified atom stereocenters. The molecule has 0 fully saturated rings. The second-order valence-corrected chi connectivity index (χ2v) is 5.26. The molecular formula is C13H19FINO2. The number of rotatable bonds is 8. The number of nitrogens with two attached hydrogens (primary N) is 1. The first-order chi connectivity index (χ1) is 8.63. The third kappa shape index (κ3) is 5.97. The molecule has 0 aromatic heterocycles. The van der Waals surface area contributed by atoms with E-state index in [0.29, 0.717) is 13.2 Å². The minimum atomic E-state index is -0.455. The lowest BCUT2D eigenvalue weighted by Gasteiger charge is -2.11. The van der Waals surface area contributed by atoms with Crippen molar-refractivity contribution < 1.29 is 13.9 Å². The van der Waals surface area contributed by atoms with Crippen LogP contribution in [0.25, 0.3) is 0 Å². The molecule has 0 spiro atoms. The summed E-state index contributed by atoms with van der Waals surface area (Å²) in [5.41, 5.74) is 6.96. The number of hydrogen-bond donors (Lipinski definition) is 1. The van der Waals surface area contributed by atoms with Gasteiger partial charge in [0.1, 0.15) is 19.0 Å². The van der Waals surface area contributed by atoms with Crippen LogP contribution in [0.15, 0.2) is 18.2 Å². The van der Waals surface area contributed by atoms with Gasteiger partial charge in [0.05, 0.1) is 16.8 Å². The molecule has 18 heavy (non-hydrogen) atoms. The zero-order chi connectivity index (χ0) is 13.4. The van der Waals surface area contributed by atoms with Crippen molar-refractivity contribution in [3.8, 4) is 5.75 Å². The molecular weight excluding hydrogens is 348 g/mol. The van der Waals surface area contributed by atoms with Crippen LogP contribution in [-0.2, 0) is 11.2 Å². The maximum Gasteiger partial charge on any atom is 0.132 e. The number of halogens is 2. The van der Waals surface area contributed by atoms with E-state index in [1.54, 1.807) is 0 Å². The molecule has 0 saturated carbocycles. The number of ether oxygens (including phenoxy) is 2. The second kappa shape index (κ2) is 8.66. The van der Waals surface area contributed by atoms with Gasteiger partial charge in [-0.2, -0.15) is 0 Å². The lowest BCUT2D eigenvalue weighted by molar-refractivity contribution is 0.0894. The van der Waals surface area contributed by atoms with E-state index in [1.807, 2.05) is 19.1 Å². The van der Waals surface area contributed by atoms with Crippen molar-refractivity contribution in [1.82, 2.24) is 0 Å². The molecule has 0 aliphatic rings. The molecule has 1 aromatic carbocycles. The summed E-state index contributed by atoms with van der Waals surface area (Å²) in [5, 5.41) is 0. The SMILES string of the molecule is CC(N)Cc1ccc(OCCOCCF)c(I)c1. The summed E-state index contributed by atoms with van der Waals surface area (Å²) in [7, 11) is 0. The van der Waals surface area contributed by atoms with Crippen LogP contribution < -0.4 is 10.5 Å². The predicted octanol–water partition coefficient (Wildman–Crippen LogP) is 2.55. The van der Waals surface area contributed by atoms with E-state index in [-0.39, 0.29) is 12.6 Å². The Balaban J connectivity index is 2.42. The van der Waals surface area contributed by atoms with Crippen molar-refractivity contribution in [2.24, 2.45) is 5.73 Å². The Hall–Kier alpha value is -0.400. The Bertz CT molecular complexity index is 361. The van der Waals surface area contributed by atoms with Crippen LogP contribution in [0.1, 0.15) is 12.5 Å². The Labute approximate surface area is 121 Å². The van der Waals surface area contributed by atoms with E-state index in [2.05, 4.69) is 28.7 Å². The van der Waals surface area contributed by atoms with E-state index in [9.17, 15) is 4.39 Å².